The van der Waals surface area contributed by atoms with E-state index < -0.39 is 6.10 Å². The summed E-state index contributed by atoms with van der Waals surface area (Å²) in [4.78, 5) is 11.4. The second-order valence-electron chi connectivity index (χ2n) is 4.84. The van der Waals surface area contributed by atoms with Crippen molar-refractivity contribution in [3.63, 3.8) is 0 Å². The molecule has 0 radical (unpaired) electrons. The van der Waals surface area contributed by atoms with Gasteiger partial charge in [-0.15, -0.1) is 0 Å². The van der Waals surface area contributed by atoms with Gasteiger partial charge in [0.1, 0.15) is 0 Å². The minimum atomic E-state index is -0.467. The summed E-state index contributed by atoms with van der Waals surface area (Å²) in [5.74, 6) is 0.619. The fourth-order valence-electron chi connectivity index (χ4n) is 1.10. The van der Waals surface area contributed by atoms with Crippen molar-refractivity contribution in [3.05, 3.63) is 0 Å². The van der Waals surface area contributed by atoms with Crippen LogP contribution in [0.2, 0.25) is 0 Å². The van der Waals surface area contributed by atoms with E-state index in [-0.39, 0.29) is 18.0 Å². The molecule has 0 aromatic carbocycles. The lowest BCUT2D eigenvalue weighted by molar-refractivity contribution is 0.114. The van der Waals surface area contributed by atoms with E-state index in [1.54, 1.807) is 0 Å². The summed E-state index contributed by atoms with van der Waals surface area (Å²) in [7, 11) is 0. The van der Waals surface area contributed by atoms with Gasteiger partial charge in [0, 0.05) is 12.6 Å². The van der Waals surface area contributed by atoms with Gasteiger partial charge in [0.15, 0.2) is 0 Å². The summed E-state index contributed by atoms with van der Waals surface area (Å²) >= 11 is 0. The zero-order valence-electron chi connectivity index (χ0n) is 11.1. The van der Waals surface area contributed by atoms with Crippen LogP contribution in [-0.4, -0.2) is 29.8 Å². The smallest absolute Gasteiger partial charge is 0.315 e. The molecule has 0 aliphatic rings. The molecule has 0 spiro atoms. The van der Waals surface area contributed by atoms with Gasteiger partial charge in [-0.1, -0.05) is 34.1 Å². The molecule has 0 heterocycles. The number of carbonyl (C=O) groups is 1. The van der Waals surface area contributed by atoms with Gasteiger partial charge in [0.2, 0.25) is 0 Å². The molecule has 96 valence electrons. The van der Waals surface area contributed by atoms with Gasteiger partial charge in [-0.3, -0.25) is 0 Å². The Morgan fingerprint density at radius 1 is 1.25 bits per heavy atom. The molecule has 3 N–H and O–H groups in total. The van der Waals surface area contributed by atoms with Crippen LogP contribution in [0.3, 0.4) is 0 Å². The third-order valence-electron chi connectivity index (χ3n) is 3.13. The molecule has 3 unspecified atom stereocenters. The topological polar surface area (TPSA) is 61.4 Å². The molecule has 0 saturated carbocycles. The number of carbonyl (C=O) groups excluding carboxylic acids is 1. The molecule has 0 aromatic heterocycles. The van der Waals surface area contributed by atoms with Crippen LogP contribution in [0.15, 0.2) is 0 Å². The van der Waals surface area contributed by atoms with E-state index in [1.807, 2.05) is 20.8 Å². The van der Waals surface area contributed by atoms with Crippen molar-refractivity contribution in [1.29, 1.82) is 0 Å². The summed E-state index contributed by atoms with van der Waals surface area (Å²) in [6.45, 7) is 10.4. The van der Waals surface area contributed by atoms with E-state index in [2.05, 4.69) is 24.5 Å². The first-order valence-corrected chi connectivity index (χ1v) is 6.10. The van der Waals surface area contributed by atoms with Gasteiger partial charge in [-0.2, -0.15) is 0 Å². The summed E-state index contributed by atoms with van der Waals surface area (Å²) in [6, 6.07) is -0.0655. The molecule has 0 aliphatic heterocycles. The van der Waals surface area contributed by atoms with Crippen LogP contribution < -0.4 is 10.6 Å². The molecular weight excluding hydrogens is 204 g/mol. The standard InChI is InChI=1S/C12H26N2O2/c1-6-9(4)11(15)7-13-12(16)14-10(5)8(2)3/h8-11,15H,6-7H2,1-5H3,(H2,13,14,16). The third-order valence-corrected chi connectivity index (χ3v) is 3.13. The summed E-state index contributed by atoms with van der Waals surface area (Å²) in [5, 5.41) is 15.2. The first-order chi connectivity index (χ1) is 7.38. The molecule has 0 aromatic rings. The second kappa shape index (κ2) is 7.49. The highest BCUT2D eigenvalue weighted by Gasteiger charge is 2.14. The highest BCUT2D eigenvalue weighted by molar-refractivity contribution is 5.74. The van der Waals surface area contributed by atoms with E-state index in [0.717, 1.165) is 6.42 Å². The Morgan fingerprint density at radius 2 is 1.81 bits per heavy atom. The Balaban J connectivity index is 3.81. The first-order valence-electron chi connectivity index (χ1n) is 6.10. The number of aliphatic hydroxyl groups excluding tert-OH is 1. The molecule has 0 bridgehead atoms. The number of nitrogens with one attached hydrogen (secondary N) is 2. The van der Waals surface area contributed by atoms with Gasteiger partial charge in [0.05, 0.1) is 6.10 Å². The monoisotopic (exact) mass is 230 g/mol. The summed E-state index contributed by atoms with van der Waals surface area (Å²) < 4.78 is 0. The van der Waals surface area contributed by atoms with Crippen molar-refractivity contribution in [1.82, 2.24) is 10.6 Å². The summed E-state index contributed by atoms with van der Waals surface area (Å²) in [5.41, 5.74) is 0. The van der Waals surface area contributed by atoms with E-state index >= 15 is 0 Å². The predicted octanol–water partition coefficient (Wildman–Crippen LogP) is 1.74. The van der Waals surface area contributed by atoms with Crippen molar-refractivity contribution < 1.29 is 9.90 Å². The quantitative estimate of drug-likeness (QED) is 0.651. The highest BCUT2D eigenvalue weighted by atomic mass is 16.3. The van der Waals surface area contributed by atoms with Crippen LogP contribution in [0, 0.1) is 11.8 Å². The Morgan fingerprint density at radius 3 is 2.25 bits per heavy atom. The molecule has 0 aliphatic carbocycles. The number of rotatable bonds is 6. The predicted molar refractivity (Wildman–Crippen MR) is 66.3 cm³/mol. The Hall–Kier alpha value is -0.770. The maximum atomic E-state index is 11.4. The lowest BCUT2D eigenvalue weighted by Gasteiger charge is -2.20. The largest absolute Gasteiger partial charge is 0.391 e. The lowest BCUT2D eigenvalue weighted by atomic mass is 10.0. The molecular formula is C12H26N2O2. The van der Waals surface area contributed by atoms with Crippen LogP contribution in [-0.2, 0) is 0 Å². The molecule has 4 nitrogen and oxygen atoms in total. The number of urea groups is 1. The van der Waals surface area contributed by atoms with Crippen molar-refractivity contribution in [3.8, 4) is 0 Å². The Labute approximate surface area is 98.8 Å². The van der Waals surface area contributed by atoms with Crippen LogP contribution in [0.1, 0.15) is 41.0 Å². The SMILES string of the molecule is CCC(C)C(O)CNC(=O)NC(C)C(C)C. The fraction of sp³-hybridized carbons (Fsp3) is 0.917. The minimum absolute atomic E-state index is 0.140. The summed E-state index contributed by atoms with van der Waals surface area (Å²) in [6.07, 6.45) is 0.442. The Bertz CT molecular complexity index is 207. The minimum Gasteiger partial charge on any atom is -0.391 e. The van der Waals surface area contributed by atoms with E-state index in [1.165, 1.54) is 0 Å². The molecule has 3 atom stereocenters. The zero-order valence-corrected chi connectivity index (χ0v) is 11.1. The highest BCUT2D eigenvalue weighted by Crippen LogP contribution is 2.06. The van der Waals surface area contributed by atoms with E-state index in [9.17, 15) is 9.90 Å². The molecule has 0 saturated heterocycles. The van der Waals surface area contributed by atoms with Gasteiger partial charge in [-0.05, 0) is 18.8 Å². The molecule has 0 rings (SSSR count). The van der Waals surface area contributed by atoms with E-state index in [0.29, 0.717) is 12.5 Å². The molecule has 16 heavy (non-hydrogen) atoms. The van der Waals surface area contributed by atoms with Crippen LogP contribution in [0.5, 0.6) is 0 Å². The van der Waals surface area contributed by atoms with Crippen LogP contribution in [0.4, 0.5) is 4.79 Å². The van der Waals surface area contributed by atoms with Gasteiger partial charge in [0.25, 0.3) is 0 Å². The van der Waals surface area contributed by atoms with E-state index in [4.69, 9.17) is 0 Å². The third kappa shape index (κ3) is 5.95. The number of hydrogen-bond acceptors (Lipinski definition) is 2. The second-order valence-corrected chi connectivity index (χ2v) is 4.84. The van der Waals surface area contributed by atoms with Crippen molar-refractivity contribution in [2.75, 3.05) is 6.54 Å². The molecule has 4 heteroatoms. The van der Waals surface area contributed by atoms with Crippen molar-refractivity contribution >= 4 is 6.03 Å². The van der Waals surface area contributed by atoms with Gasteiger partial charge >= 0.3 is 6.03 Å². The average molecular weight is 230 g/mol. The first kappa shape index (κ1) is 15.2. The van der Waals surface area contributed by atoms with Crippen molar-refractivity contribution in [2.45, 2.75) is 53.2 Å². The zero-order chi connectivity index (χ0) is 12.7. The van der Waals surface area contributed by atoms with Gasteiger partial charge < -0.3 is 15.7 Å². The number of aliphatic hydroxyl groups is 1. The molecule has 0 fully saturated rings. The maximum Gasteiger partial charge on any atom is 0.315 e. The number of amides is 2. The Kier molecular flexibility index (Phi) is 7.13. The normalized spacial score (nSPS) is 16.7. The average Bonchev–Trinajstić information content (AvgIpc) is 2.24. The van der Waals surface area contributed by atoms with Crippen LogP contribution in [0.25, 0.3) is 0 Å². The number of hydrogen-bond donors (Lipinski definition) is 3. The van der Waals surface area contributed by atoms with Crippen LogP contribution >= 0.6 is 0 Å². The lowest BCUT2D eigenvalue weighted by Crippen LogP contribution is -2.46. The maximum absolute atomic E-state index is 11.4. The van der Waals surface area contributed by atoms with Gasteiger partial charge in [-0.25, -0.2) is 4.79 Å². The fourth-order valence-corrected chi connectivity index (χ4v) is 1.10. The molecule has 2 amide bonds. The van der Waals surface area contributed by atoms with Crippen molar-refractivity contribution in [2.24, 2.45) is 11.8 Å².